The number of anilines is 2. The topological polar surface area (TPSA) is 95.1 Å². The van der Waals surface area contributed by atoms with Crippen molar-refractivity contribution in [1.82, 2.24) is 0 Å². The number of nitrogens with one attached hydrogen (secondary N) is 2. The highest BCUT2D eigenvalue weighted by Gasteiger charge is 2.33. The van der Waals surface area contributed by atoms with Gasteiger partial charge in [-0.05, 0) is 60.7 Å². The fraction of sp³-hybridized carbons (Fsp3) is 0.300. The predicted octanol–water partition coefficient (Wildman–Crippen LogP) is 7.19. The van der Waals surface area contributed by atoms with Crippen LogP contribution < -0.4 is 20.1 Å². The normalized spacial score (nSPS) is 11.0. The summed E-state index contributed by atoms with van der Waals surface area (Å²) in [5, 5.41) is 3.97. The first-order chi connectivity index (χ1) is 17.1. The second-order valence-electron chi connectivity index (χ2n) is 6.16. The molecule has 0 aliphatic rings. The van der Waals surface area contributed by atoms with Gasteiger partial charge in [0, 0.05) is 6.07 Å². The number of amides is 2. The lowest BCUT2D eigenvalue weighted by molar-refractivity contribution is -0.275. The van der Waals surface area contributed by atoms with Crippen molar-refractivity contribution in [2.75, 3.05) is 23.8 Å². The molecule has 0 unspecified atom stereocenters. The Morgan fingerprint density at radius 1 is 0.811 bits per heavy atom. The fourth-order valence-electron chi connectivity index (χ4n) is 2.20. The maximum absolute atomic E-state index is 13.5. The van der Waals surface area contributed by atoms with Crippen LogP contribution >= 0.6 is 22.6 Å². The van der Waals surface area contributed by atoms with Crippen molar-refractivity contribution in [1.29, 1.82) is 0 Å². The Kier molecular flexibility index (Phi) is 11.9. The van der Waals surface area contributed by atoms with Crippen LogP contribution in [0.5, 0.6) is 11.5 Å². The van der Waals surface area contributed by atoms with E-state index in [1.807, 2.05) is 10.6 Å². The molecule has 2 rings (SSSR count). The monoisotopic (exact) mass is 660 g/mol. The van der Waals surface area contributed by atoms with Crippen LogP contribution in [-0.2, 0) is 9.47 Å². The lowest BCUT2D eigenvalue weighted by Gasteiger charge is -2.14. The van der Waals surface area contributed by atoms with E-state index in [1.165, 1.54) is 36.4 Å². The van der Waals surface area contributed by atoms with E-state index in [4.69, 9.17) is 0 Å². The maximum Gasteiger partial charge on any atom is 0.573 e. The van der Waals surface area contributed by atoms with E-state index in [-0.39, 0.29) is 16.8 Å². The third-order valence-electron chi connectivity index (χ3n) is 3.47. The zero-order valence-corrected chi connectivity index (χ0v) is 20.8. The van der Waals surface area contributed by atoms with Crippen LogP contribution in [0.2, 0.25) is 0 Å². The molecule has 206 valence electrons. The summed E-state index contributed by atoms with van der Waals surface area (Å²) in [6.07, 6.45) is -11.7. The molecule has 2 N–H and O–H groups in total. The first-order valence-electron chi connectivity index (χ1n) is 9.72. The van der Waals surface area contributed by atoms with Crippen LogP contribution in [0.3, 0.4) is 0 Å². The number of hydrogen-bond acceptors (Lipinski definition) is 6. The molecule has 0 radical (unpaired) electrons. The van der Waals surface area contributed by atoms with Crippen molar-refractivity contribution >= 4 is 46.2 Å². The van der Waals surface area contributed by atoms with Gasteiger partial charge >= 0.3 is 24.9 Å². The Bertz CT molecular complexity index is 1080. The number of halogens is 9. The molecule has 0 aliphatic heterocycles. The molecule has 0 aromatic heterocycles. The van der Waals surface area contributed by atoms with Crippen LogP contribution in [0.1, 0.15) is 13.8 Å². The van der Waals surface area contributed by atoms with Gasteiger partial charge in [0.15, 0.2) is 0 Å². The van der Waals surface area contributed by atoms with Gasteiger partial charge in [-0.15, -0.1) is 26.3 Å². The highest BCUT2D eigenvalue weighted by molar-refractivity contribution is 14.1. The van der Waals surface area contributed by atoms with Gasteiger partial charge in [-0.25, -0.2) is 18.4 Å². The highest BCUT2D eigenvalue weighted by atomic mass is 127. The molecule has 0 heterocycles. The summed E-state index contributed by atoms with van der Waals surface area (Å²) in [5.41, 5.74) is -0.893. The third kappa shape index (κ3) is 12.0. The maximum atomic E-state index is 13.5. The van der Waals surface area contributed by atoms with Gasteiger partial charge in [0.2, 0.25) is 0 Å². The van der Waals surface area contributed by atoms with Crippen LogP contribution in [0.4, 0.5) is 56.1 Å². The first kappa shape index (κ1) is 31.8. The number of benzene rings is 2. The molecule has 8 nitrogen and oxygen atoms in total. The molecular formula is C20H17F8IN2O6. The predicted molar refractivity (Wildman–Crippen MR) is 120 cm³/mol. The van der Waals surface area contributed by atoms with Gasteiger partial charge in [-0.1, -0.05) is 0 Å². The van der Waals surface area contributed by atoms with E-state index in [2.05, 4.69) is 18.9 Å². The van der Waals surface area contributed by atoms with Gasteiger partial charge in [0.05, 0.1) is 28.2 Å². The quantitative estimate of drug-likeness (QED) is 0.252. The lowest BCUT2D eigenvalue weighted by atomic mass is 10.3. The second-order valence-corrected chi connectivity index (χ2v) is 7.24. The van der Waals surface area contributed by atoms with Gasteiger partial charge in [-0.2, -0.15) is 0 Å². The smallest absolute Gasteiger partial charge is 0.450 e. The minimum Gasteiger partial charge on any atom is -0.450 e. The lowest BCUT2D eigenvalue weighted by Crippen LogP contribution is -2.19. The molecule has 0 atom stereocenters. The molecule has 0 spiro atoms. The third-order valence-corrected chi connectivity index (χ3v) is 4.54. The molecule has 2 aromatic carbocycles. The molecular weight excluding hydrogens is 643 g/mol. The minimum absolute atomic E-state index is 0.0444. The molecule has 0 fully saturated rings. The fourth-order valence-corrected chi connectivity index (χ4v) is 2.88. The molecule has 0 saturated carbocycles. The zero-order valence-electron chi connectivity index (χ0n) is 18.7. The Labute approximate surface area is 217 Å². The van der Waals surface area contributed by atoms with Gasteiger partial charge < -0.3 is 18.9 Å². The number of carbonyl (C=O) groups is 2. The van der Waals surface area contributed by atoms with Crippen LogP contribution in [0.15, 0.2) is 30.3 Å². The van der Waals surface area contributed by atoms with E-state index >= 15 is 0 Å². The summed E-state index contributed by atoms with van der Waals surface area (Å²) in [7, 11) is 0. The average Bonchev–Trinajstić information content (AvgIpc) is 2.75. The van der Waals surface area contributed by atoms with E-state index in [1.54, 1.807) is 0 Å². The van der Waals surface area contributed by atoms with E-state index in [9.17, 15) is 44.7 Å². The summed E-state index contributed by atoms with van der Waals surface area (Å²) in [6.45, 7) is 3.15. The Morgan fingerprint density at radius 2 is 1.32 bits per heavy atom. The summed E-state index contributed by atoms with van der Waals surface area (Å²) >= 11 is 1.43. The number of ether oxygens (including phenoxy) is 4. The van der Waals surface area contributed by atoms with Crippen molar-refractivity contribution < 1.29 is 63.7 Å². The number of carbonyl (C=O) groups excluding carboxylic acids is 2. The standard InChI is InChI=1S/C10H8F4INO3.C10H9F4NO3/c1-2-18-9(17)16-8-5(11)3-4-6(7(8)15)19-10(12,13)14;1-2-17-9(16)15-8-5-6(3-4-7(8)11)18-10(12,13)14/h3-4H,2H2,1H3,(H,16,17);3-5H,2H2,1H3,(H,15,16). The van der Waals surface area contributed by atoms with Crippen molar-refractivity contribution in [2.24, 2.45) is 0 Å². The summed E-state index contributed by atoms with van der Waals surface area (Å²) in [6, 6.07) is 3.81. The summed E-state index contributed by atoms with van der Waals surface area (Å²) in [4.78, 5) is 22.1. The van der Waals surface area contributed by atoms with Gasteiger partial charge in [0.25, 0.3) is 0 Å². The van der Waals surface area contributed by atoms with Crippen LogP contribution in [0.25, 0.3) is 0 Å². The molecule has 0 aliphatic carbocycles. The Balaban J connectivity index is 0.000000371. The van der Waals surface area contributed by atoms with Gasteiger partial charge in [-0.3, -0.25) is 10.6 Å². The minimum atomic E-state index is -4.90. The van der Waals surface area contributed by atoms with E-state index in [0.717, 1.165) is 24.3 Å². The van der Waals surface area contributed by atoms with Crippen molar-refractivity contribution in [3.05, 3.63) is 45.5 Å². The zero-order chi connectivity index (χ0) is 28.4. The van der Waals surface area contributed by atoms with Crippen LogP contribution in [-0.4, -0.2) is 38.1 Å². The number of rotatable bonds is 6. The SMILES string of the molecule is CCOC(=O)Nc1c(F)ccc(OC(F)(F)F)c1I.CCOC(=O)Nc1cc(OC(F)(F)F)ccc1F. The number of hydrogen-bond donors (Lipinski definition) is 2. The molecule has 2 aromatic rings. The summed E-state index contributed by atoms with van der Waals surface area (Å²) in [5.74, 6) is -3.05. The van der Waals surface area contributed by atoms with Crippen molar-refractivity contribution in [3.63, 3.8) is 0 Å². The largest absolute Gasteiger partial charge is 0.573 e. The van der Waals surface area contributed by atoms with Crippen molar-refractivity contribution in [2.45, 2.75) is 26.6 Å². The average molecular weight is 660 g/mol. The van der Waals surface area contributed by atoms with E-state index in [0.29, 0.717) is 6.07 Å². The molecule has 0 saturated heterocycles. The van der Waals surface area contributed by atoms with Crippen molar-refractivity contribution in [3.8, 4) is 11.5 Å². The highest BCUT2D eigenvalue weighted by Crippen LogP contribution is 2.34. The molecule has 37 heavy (non-hydrogen) atoms. The molecule has 2 amide bonds. The van der Waals surface area contributed by atoms with E-state index < -0.39 is 59.4 Å². The van der Waals surface area contributed by atoms with Gasteiger partial charge in [0.1, 0.15) is 23.1 Å². The first-order valence-corrected chi connectivity index (χ1v) is 10.8. The van der Waals surface area contributed by atoms with Crippen LogP contribution in [0, 0.1) is 15.2 Å². The molecule has 0 bridgehead atoms. The second kappa shape index (κ2) is 13.9. The molecule has 17 heteroatoms. The Morgan fingerprint density at radius 3 is 1.84 bits per heavy atom. The number of alkyl halides is 6. The summed E-state index contributed by atoms with van der Waals surface area (Å²) < 4.78 is 115. The Hall–Kier alpha value is -3.25.